The van der Waals surface area contributed by atoms with Crippen molar-refractivity contribution >= 4 is 27.5 Å². The van der Waals surface area contributed by atoms with Gasteiger partial charge in [0.1, 0.15) is 5.75 Å². The van der Waals surface area contributed by atoms with Crippen molar-refractivity contribution in [2.24, 2.45) is 0 Å². The highest BCUT2D eigenvalue weighted by atomic mass is 79.9. The second-order valence-electron chi connectivity index (χ2n) is 7.57. The molecule has 170 valence electrons. The second kappa shape index (κ2) is 9.31. The molecule has 0 saturated heterocycles. The van der Waals surface area contributed by atoms with Crippen molar-refractivity contribution in [3.8, 4) is 5.75 Å². The van der Waals surface area contributed by atoms with Crippen molar-refractivity contribution in [3.05, 3.63) is 106 Å². The number of benzene rings is 3. The van der Waals surface area contributed by atoms with Crippen molar-refractivity contribution in [1.82, 2.24) is 5.32 Å². The van der Waals surface area contributed by atoms with E-state index in [1.807, 2.05) is 37.3 Å². The van der Waals surface area contributed by atoms with Gasteiger partial charge in [-0.1, -0.05) is 58.4 Å². The molecule has 33 heavy (non-hydrogen) atoms. The molecule has 1 N–H and O–H groups in total. The first-order chi connectivity index (χ1) is 15.7. The van der Waals surface area contributed by atoms with Gasteiger partial charge in [0.15, 0.2) is 0 Å². The highest BCUT2D eigenvalue weighted by Crippen LogP contribution is 2.37. The third-order valence-electron chi connectivity index (χ3n) is 5.26. The largest absolute Gasteiger partial charge is 0.573 e. The quantitative estimate of drug-likeness (QED) is 0.397. The van der Waals surface area contributed by atoms with Crippen molar-refractivity contribution in [2.75, 3.05) is 4.90 Å². The first-order valence-electron chi connectivity index (χ1n) is 10.2. The summed E-state index contributed by atoms with van der Waals surface area (Å²) in [6.45, 7) is 1.94. The van der Waals surface area contributed by atoms with Gasteiger partial charge in [-0.25, -0.2) is 0 Å². The second-order valence-corrected chi connectivity index (χ2v) is 8.49. The van der Waals surface area contributed by atoms with Crippen LogP contribution < -0.4 is 15.0 Å². The van der Waals surface area contributed by atoms with Crippen molar-refractivity contribution in [3.63, 3.8) is 0 Å². The first-order valence-corrected chi connectivity index (χ1v) is 11.0. The van der Waals surface area contributed by atoms with Crippen LogP contribution in [-0.4, -0.2) is 12.3 Å². The number of nitrogens with zero attached hydrogens (tertiary/aromatic N) is 1. The molecule has 0 spiro atoms. The molecule has 3 aromatic carbocycles. The Balaban J connectivity index is 1.70. The van der Waals surface area contributed by atoms with Crippen molar-refractivity contribution in [2.45, 2.75) is 25.4 Å². The number of carbonyl (C=O) groups excluding carboxylic acids is 1. The Bertz CT molecular complexity index is 1160. The number of halogens is 4. The molecule has 0 bridgehead atoms. The van der Waals surface area contributed by atoms with Gasteiger partial charge in [-0.15, -0.1) is 13.2 Å². The molecule has 0 saturated carbocycles. The van der Waals surface area contributed by atoms with Crippen LogP contribution >= 0.6 is 15.9 Å². The Morgan fingerprint density at radius 1 is 1.00 bits per heavy atom. The number of amides is 1. The Morgan fingerprint density at radius 3 is 2.36 bits per heavy atom. The smallest absolute Gasteiger partial charge is 0.406 e. The molecular formula is C25H20BrF3N2O2. The molecule has 0 unspecified atom stereocenters. The zero-order chi connectivity index (χ0) is 23.6. The number of nitrogens with one attached hydrogen (secondary N) is 1. The summed E-state index contributed by atoms with van der Waals surface area (Å²) >= 11 is 3.39. The lowest BCUT2D eigenvalue weighted by Gasteiger charge is -2.26. The molecule has 1 aliphatic heterocycles. The fourth-order valence-electron chi connectivity index (χ4n) is 3.75. The normalized spacial score (nSPS) is 17.0. The standard InChI is InChI=1S/C25H20BrF3N2O2/c1-16(17-6-3-2-4-7-17)30-22-15-23(18-8-5-9-21(14-18)33-25(27,28)29)31(24(22)32)20-12-10-19(26)11-13-20/h2-16,23,30H,1H3/t16-,23-/m1/s1. The molecule has 8 heteroatoms. The zero-order valence-corrected chi connectivity index (χ0v) is 19.1. The van der Waals surface area contributed by atoms with Gasteiger partial charge in [-0.2, -0.15) is 0 Å². The van der Waals surface area contributed by atoms with Crippen LogP contribution in [-0.2, 0) is 4.79 Å². The van der Waals surface area contributed by atoms with Crippen LogP contribution in [0.3, 0.4) is 0 Å². The monoisotopic (exact) mass is 516 g/mol. The van der Waals surface area contributed by atoms with Crippen LogP contribution in [0.15, 0.2) is 95.1 Å². The molecule has 3 aromatic rings. The van der Waals surface area contributed by atoms with E-state index in [1.54, 1.807) is 41.3 Å². The average Bonchev–Trinajstić information content (AvgIpc) is 3.10. The minimum atomic E-state index is -4.80. The first kappa shape index (κ1) is 22.9. The van der Waals surface area contributed by atoms with Crippen LogP contribution in [0, 0.1) is 0 Å². The van der Waals surface area contributed by atoms with E-state index in [-0.39, 0.29) is 17.7 Å². The molecule has 1 amide bonds. The molecular weight excluding hydrogens is 497 g/mol. The molecule has 0 fully saturated rings. The molecule has 0 radical (unpaired) electrons. The molecule has 1 aliphatic rings. The third-order valence-corrected chi connectivity index (χ3v) is 5.79. The number of rotatable bonds is 6. The van der Waals surface area contributed by atoms with Crippen molar-refractivity contribution in [1.29, 1.82) is 0 Å². The Hall–Kier alpha value is -3.26. The summed E-state index contributed by atoms with van der Waals surface area (Å²) in [5, 5.41) is 3.26. The van der Waals surface area contributed by atoms with Crippen LogP contribution in [0.1, 0.15) is 30.1 Å². The highest BCUT2D eigenvalue weighted by Gasteiger charge is 2.36. The number of carbonyl (C=O) groups is 1. The lowest BCUT2D eigenvalue weighted by molar-refractivity contribution is -0.274. The van der Waals surface area contributed by atoms with Gasteiger partial charge in [0.05, 0.1) is 11.7 Å². The topological polar surface area (TPSA) is 41.6 Å². The lowest BCUT2D eigenvalue weighted by atomic mass is 10.1. The van der Waals surface area contributed by atoms with Gasteiger partial charge in [-0.3, -0.25) is 9.69 Å². The summed E-state index contributed by atoms with van der Waals surface area (Å²) in [7, 11) is 0. The van der Waals surface area contributed by atoms with Gasteiger partial charge in [-0.05, 0) is 60.5 Å². The van der Waals surface area contributed by atoms with E-state index in [1.165, 1.54) is 18.2 Å². The number of ether oxygens (including phenoxy) is 1. The Labute approximate surface area is 197 Å². The van der Waals surface area contributed by atoms with E-state index in [0.29, 0.717) is 16.9 Å². The summed E-state index contributed by atoms with van der Waals surface area (Å²) < 4.78 is 43.2. The van der Waals surface area contributed by atoms with Crippen LogP contribution in [0.4, 0.5) is 18.9 Å². The molecule has 4 rings (SSSR count). The van der Waals surface area contributed by atoms with Gasteiger partial charge < -0.3 is 10.1 Å². The molecule has 2 atom stereocenters. The van der Waals surface area contributed by atoms with Gasteiger partial charge >= 0.3 is 6.36 Å². The number of alkyl halides is 3. The maximum Gasteiger partial charge on any atom is 0.573 e. The average molecular weight is 517 g/mol. The lowest BCUT2D eigenvalue weighted by Crippen LogP contribution is -2.33. The molecule has 0 aliphatic carbocycles. The fraction of sp³-hybridized carbons (Fsp3) is 0.160. The maximum absolute atomic E-state index is 13.4. The molecule has 1 heterocycles. The van der Waals surface area contributed by atoms with Crippen molar-refractivity contribution < 1.29 is 22.7 Å². The molecule has 0 aromatic heterocycles. The number of anilines is 1. The highest BCUT2D eigenvalue weighted by molar-refractivity contribution is 9.10. The zero-order valence-electron chi connectivity index (χ0n) is 17.5. The summed E-state index contributed by atoms with van der Waals surface area (Å²) in [5.41, 5.74) is 2.50. The maximum atomic E-state index is 13.4. The summed E-state index contributed by atoms with van der Waals surface area (Å²) in [6, 6.07) is 21.8. The van der Waals surface area contributed by atoms with E-state index in [4.69, 9.17) is 0 Å². The van der Waals surface area contributed by atoms with E-state index in [2.05, 4.69) is 26.0 Å². The number of hydrogen-bond donors (Lipinski definition) is 1. The Kier molecular flexibility index (Phi) is 6.47. The minimum absolute atomic E-state index is 0.146. The van der Waals surface area contributed by atoms with E-state index in [9.17, 15) is 18.0 Å². The summed E-state index contributed by atoms with van der Waals surface area (Å²) in [6.07, 6.45) is -3.07. The van der Waals surface area contributed by atoms with E-state index < -0.39 is 12.4 Å². The summed E-state index contributed by atoms with van der Waals surface area (Å²) in [5.74, 6) is -0.608. The van der Waals surface area contributed by atoms with Gasteiger partial charge in [0.25, 0.3) is 5.91 Å². The van der Waals surface area contributed by atoms with Crippen LogP contribution in [0.25, 0.3) is 0 Å². The van der Waals surface area contributed by atoms with Gasteiger partial charge in [0.2, 0.25) is 0 Å². The molecule has 4 nitrogen and oxygen atoms in total. The van der Waals surface area contributed by atoms with E-state index in [0.717, 1.165) is 10.0 Å². The fourth-order valence-corrected chi connectivity index (χ4v) is 4.01. The predicted molar refractivity (Wildman–Crippen MR) is 124 cm³/mol. The Morgan fingerprint density at radius 2 is 1.70 bits per heavy atom. The predicted octanol–water partition coefficient (Wildman–Crippen LogP) is 6.67. The number of hydrogen-bond acceptors (Lipinski definition) is 3. The van der Waals surface area contributed by atoms with Crippen LogP contribution in [0.5, 0.6) is 5.75 Å². The van der Waals surface area contributed by atoms with Crippen LogP contribution in [0.2, 0.25) is 0 Å². The van der Waals surface area contributed by atoms with Gasteiger partial charge in [0, 0.05) is 16.2 Å². The SMILES string of the molecule is C[C@@H](NC1=C[C@H](c2cccc(OC(F)(F)F)c2)N(c2ccc(Br)cc2)C1=O)c1ccccc1. The minimum Gasteiger partial charge on any atom is -0.406 e. The van der Waals surface area contributed by atoms with E-state index >= 15 is 0 Å². The summed E-state index contributed by atoms with van der Waals surface area (Å²) in [4.78, 5) is 15.0. The third kappa shape index (κ3) is 5.39.